The topological polar surface area (TPSA) is 169 Å². The van der Waals surface area contributed by atoms with Gasteiger partial charge in [-0.2, -0.15) is 15.0 Å². The SMILES string of the molecule is CCN(CCCS(=O)(=O)[O-])c1ccc(N=Nc2c(C#N)c(C)nn2-c2nc3ccccc3s2)c(NC(C)=O)c1.[Na+]. The third-order valence-corrected chi connectivity index (χ3v) is 7.52. The van der Waals surface area contributed by atoms with Gasteiger partial charge < -0.3 is 14.8 Å². The number of benzene rings is 2. The maximum atomic E-state index is 11.9. The second-order valence-electron chi connectivity index (χ2n) is 8.55. The number of azo groups is 1. The van der Waals surface area contributed by atoms with Gasteiger partial charge in [-0.05, 0) is 50.6 Å². The smallest absolute Gasteiger partial charge is 0.748 e. The fraction of sp³-hybridized carbons (Fsp3) is 0.280. The molecule has 15 heteroatoms. The summed E-state index contributed by atoms with van der Waals surface area (Å²) < 4.78 is 35.4. The molecule has 0 saturated carbocycles. The van der Waals surface area contributed by atoms with Crippen molar-refractivity contribution in [1.82, 2.24) is 14.8 Å². The molecule has 0 aliphatic heterocycles. The molecule has 4 rings (SSSR count). The van der Waals surface area contributed by atoms with Crippen LogP contribution in [0.25, 0.3) is 15.3 Å². The molecule has 0 fully saturated rings. The van der Waals surface area contributed by atoms with Gasteiger partial charge in [-0.15, -0.1) is 10.2 Å². The summed E-state index contributed by atoms with van der Waals surface area (Å²) in [6.07, 6.45) is 0.169. The molecule has 2 heterocycles. The third kappa shape index (κ3) is 7.51. The zero-order valence-corrected chi connectivity index (χ0v) is 26.1. The van der Waals surface area contributed by atoms with Crippen LogP contribution in [-0.2, 0) is 14.9 Å². The molecular formula is C25H25N8NaO4S2. The third-order valence-electron chi connectivity index (χ3n) is 5.72. The molecule has 1 amide bonds. The van der Waals surface area contributed by atoms with Crippen molar-refractivity contribution in [2.45, 2.75) is 27.2 Å². The molecule has 2 aromatic carbocycles. The molecule has 12 nitrogen and oxygen atoms in total. The van der Waals surface area contributed by atoms with Crippen LogP contribution in [0.5, 0.6) is 0 Å². The Labute approximate surface area is 257 Å². The summed E-state index contributed by atoms with van der Waals surface area (Å²) >= 11 is 1.40. The van der Waals surface area contributed by atoms with Gasteiger partial charge in [0.05, 0.1) is 31.7 Å². The normalized spacial score (nSPS) is 11.4. The van der Waals surface area contributed by atoms with E-state index < -0.39 is 15.9 Å². The van der Waals surface area contributed by atoms with Crippen molar-refractivity contribution < 1.29 is 47.3 Å². The zero-order valence-electron chi connectivity index (χ0n) is 22.4. The summed E-state index contributed by atoms with van der Waals surface area (Å²) in [6, 6.07) is 14.9. The van der Waals surface area contributed by atoms with Crippen molar-refractivity contribution in [3.05, 3.63) is 53.7 Å². The molecule has 0 radical (unpaired) electrons. The van der Waals surface area contributed by atoms with Gasteiger partial charge in [-0.3, -0.25) is 4.79 Å². The van der Waals surface area contributed by atoms with Crippen molar-refractivity contribution in [1.29, 1.82) is 5.26 Å². The van der Waals surface area contributed by atoms with Gasteiger partial charge in [-0.1, -0.05) is 23.5 Å². The molecule has 4 aromatic rings. The van der Waals surface area contributed by atoms with Crippen LogP contribution in [-0.4, -0.2) is 52.5 Å². The quantitative estimate of drug-likeness (QED) is 0.166. The number of thiazole rings is 1. The van der Waals surface area contributed by atoms with Crippen molar-refractivity contribution >= 4 is 60.5 Å². The number of aromatic nitrogens is 3. The second-order valence-corrected chi connectivity index (χ2v) is 11.1. The number of carbonyl (C=O) groups is 1. The van der Waals surface area contributed by atoms with Crippen LogP contribution in [0.3, 0.4) is 0 Å². The predicted octanol–water partition coefficient (Wildman–Crippen LogP) is 1.80. The molecule has 0 unspecified atom stereocenters. The maximum absolute atomic E-state index is 11.9. The summed E-state index contributed by atoms with van der Waals surface area (Å²) in [5.74, 6) is -0.574. The number of nitrogens with one attached hydrogen (secondary N) is 1. The van der Waals surface area contributed by atoms with Crippen molar-refractivity contribution in [3.8, 4) is 11.2 Å². The van der Waals surface area contributed by atoms with Crippen LogP contribution in [0.15, 0.2) is 52.7 Å². The van der Waals surface area contributed by atoms with Gasteiger partial charge in [-0.25, -0.2) is 13.4 Å². The van der Waals surface area contributed by atoms with Gasteiger partial charge in [0.25, 0.3) is 0 Å². The molecular weight excluding hydrogens is 563 g/mol. The average Bonchev–Trinajstić information content (AvgIpc) is 3.45. The fourth-order valence-electron chi connectivity index (χ4n) is 3.92. The Morgan fingerprint density at radius 1 is 1.25 bits per heavy atom. The fourth-order valence-corrected chi connectivity index (χ4v) is 5.33. The van der Waals surface area contributed by atoms with E-state index in [4.69, 9.17) is 0 Å². The molecule has 40 heavy (non-hydrogen) atoms. The minimum absolute atomic E-state index is 0. The molecule has 0 saturated heterocycles. The minimum Gasteiger partial charge on any atom is -0.748 e. The number of nitrogens with zero attached hydrogens (tertiary/aromatic N) is 7. The average molecular weight is 589 g/mol. The van der Waals surface area contributed by atoms with Crippen LogP contribution in [0, 0.1) is 18.3 Å². The molecule has 202 valence electrons. The Bertz CT molecular complexity index is 1680. The first kappa shape index (κ1) is 31.3. The number of hydrogen-bond donors (Lipinski definition) is 1. The van der Waals surface area contributed by atoms with Gasteiger partial charge in [0.1, 0.15) is 17.3 Å². The van der Waals surface area contributed by atoms with E-state index in [1.165, 1.54) is 22.9 Å². The number of anilines is 2. The van der Waals surface area contributed by atoms with E-state index in [9.17, 15) is 23.0 Å². The van der Waals surface area contributed by atoms with E-state index in [1.54, 1.807) is 25.1 Å². The standard InChI is InChI=1S/C25H26N8O4S2.Na/c1-4-32(12-7-13-39(35,36)37)18-10-11-20(22(14-18)27-17(3)34)29-30-24-19(15-26)16(2)31-33(24)25-28-21-8-5-6-9-23(21)38-25;/h5-6,8-11,14H,4,7,12-13H2,1-3H3,(H,27,34)(H,35,36,37);/q;+1/p-1. The first-order chi connectivity index (χ1) is 18.6. The van der Waals surface area contributed by atoms with Crippen LogP contribution >= 0.6 is 11.3 Å². The largest absolute Gasteiger partial charge is 1.00 e. The van der Waals surface area contributed by atoms with E-state index >= 15 is 0 Å². The van der Waals surface area contributed by atoms with Crippen LogP contribution in [0.2, 0.25) is 0 Å². The minimum atomic E-state index is -4.31. The number of carbonyl (C=O) groups excluding carboxylic acids is 1. The number of fused-ring (bicyclic) bond motifs is 1. The van der Waals surface area contributed by atoms with Gasteiger partial charge >= 0.3 is 29.6 Å². The van der Waals surface area contributed by atoms with Crippen molar-refractivity contribution in [3.63, 3.8) is 0 Å². The maximum Gasteiger partial charge on any atom is 1.00 e. The molecule has 0 atom stereocenters. The number of aryl methyl sites for hydroxylation is 1. The number of amides is 1. The molecule has 2 aromatic heterocycles. The Kier molecular flexibility index (Phi) is 10.5. The number of para-hydroxylation sites is 1. The summed E-state index contributed by atoms with van der Waals surface area (Å²) in [4.78, 5) is 18.4. The zero-order chi connectivity index (χ0) is 28.2. The first-order valence-corrected chi connectivity index (χ1v) is 14.4. The van der Waals surface area contributed by atoms with E-state index in [0.29, 0.717) is 41.0 Å². The number of nitriles is 1. The monoisotopic (exact) mass is 588 g/mol. The molecule has 1 N–H and O–H groups in total. The Hall–Kier alpha value is -3.19. The Morgan fingerprint density at radius 2 is 2.00 bits per heavy atom. The molecule has 0 spiro atoms. The Morgan fingerprint density at radius 3 is 2.65 bits per heavy atom. The Balaban J connectivity index is 0.00000441. The van der Waals surface area contributed by atoms with E-state index in [2.05, 4.69) is 31.7 Å². The van der Waals surface area contributed by atoms with Crippen LogP contribution in [0.1, 0.15) is 31.5 Å². The molecule has 0 aliphatic rings. The van der Waals surface area contributed by atoms with Gasteiger partial charge in [0.15, 0.2) is 5.82 Å². The molecule has 0 bridgehead atoms. The predicted molar refractivity (Wildman–Crippen MR) is 148 cm³/mol. The summed E-state index contributed by atoms with van der Waals surface area (Å²) in [7, 11) is -4.31. The summed E-state index contributed by atoms with van der Waals surface area (Å²) in [6.45, 7) is 5.85. The van der Waals surface area contributed by atoms with E-state index in [-0.39, 0.29) is 53.3 Å². The van der Waals surface area contributed by atoms with E-state index in [1.807, 2.05) is 36.1 Å². The number of hydrogen-bond acceptors (Lipinski definition) is 11. The number of rotatable bonds is 10. The molecule has 0 aliphatic carbocycles. The van der Waals surface area contributed by atoms with E-state index in [0.717, 1.165) is 10.2 Å². The van der Waals surface area contributed by atoms with Crippen LogP contribution < -0.4 is 39.8 Å². The van der Waals surface area contributed by atoms with Gasteiger partial charge in [0, 0.05) is 31.5 Å². The first-order valence-electron chi connectivity index (χ1n) is 12.0. The van der Waals surface area contributed by atoms with Crippen molar-refractivity contribution in [2.75, 3.05) is 29.1 Å². The van der Waals surface area contributed by atoms with Crippen LogP contribution in [0.4, 0.5) is 22.9 Å². The summed E-state index contributed by atoms with van der Waals surface area (Å²) in [5, 5.41) is 26.2. The summed E-state index contributed by atoms with van der Waals surface area (Å²) in [5.41, 5.74) is 2.94. The van der Waals surface area contributed by atoms with Gasteiger partial charge in [0.2, 0.25) is 11.0 Å². The second kappa shape index (κ2) is 13.4. The van der Waals surface area contributed by atoms with Crippen molar-refractivity contribution in [2.24, 2.45) is 10.2 Å².